The molecule has 3 nitrogen and oxygen atoms in total. The molecule has 5 heteroatoms. The number of ether oxygens (including phenoxy) is 1. The van der Waals surface area contributed by atoms with Crippen LogP contribution in [0.4, 0.5) is 0 Å². The Morgan fingerprint density at radius 3 is 2.60 bits per heavy atom. The number of hydrogen-bond acceptors (Lipinski definition) is 3. The zero-order valence-electron chi connectivity index (χ0n) is 11.4. The van der Waals surface area contributed by atoms with E-state index < -0.39 is 0 Å². The summed E-state index contributed by atoms with van der Waals surface area (Å²) in [5.41, 5.74) is 1.21. The van der Waals surface area contributed by atoms with Crippen molar-refractivity contribution in [2.75, 3.05) is 0 Å². The molecule has 1 heterocycles. The molecule has 0 unspecified atom stereocenters. The van der Waals surface area contributed by atoms with Crippen LogP contribution in [0.1, 0.15) is 19.4 Å². The maximum Gasteiger partial charge on any atom is 0.146 e. The first-order valence-corrected chi connectivity index (χ1v) is 7.93. The smallest absolute Gasteiger partial charge is 0.146 e. The van der Waals surface area contributed by atoms with Gasteiger partial charge in [0.15, 0.2) is 0 Å². The molecule has 2 aromatic rings. The van der Waals surface area contributed by atoms with Crippen molar-refractivity contribution >= 4 is 31.9 Å². The third kappa shape index (κ3) is 4.58. The summed E-state index contributed by atoms with van der Waals surface area (Å²) in [6.07, 6.45) is 3.41. The fourth-order valence-corrected chi connectivity index (χ4v) is 2.48. The molecule has 0 atom stereocenters. The zero-order chi connectivity index (χ0) is 14.5. The van der Waals surface area contributed by atoms with Crippen molar-refractivity contribution in [3.05, 3.63) is 51.2 Å². The Labute approximate surface area is 136 Å². The van der Waals surface area contributed by atoms with E-state index >= 15 is 0 Å². The van der Waals surface area contributed by atoms with Crippen molar-refractivity contribution in [1.29, 1.82) is 0 Å². The van der Waals surface area contributed by atoms with E-state index in [0.717, 1.165) is 21.2 Å². The lowest BCUT2D eigenvalue weighted by molar-refractivity contribution is 0.479. The van der Waals surface area contributed by atoms with Crippen molar-refractivity contribution in [1.82, 2.24) is 10.3 Å². The van der Waals surface area contributed by atoms with Crippen LogP contribution in [0.25, 0.3) is 0 Å². The van der Waals surface area contributed by atoms with Crippen LogP contribution in [-0.4, -0.2) is 11.0 Å². The molecule has 0 saturated carbocycles. The number of halogens is 2. The summed E-state index contributed by atoms with van der Waals surface area (Å²) in [4.78, 5) is 4.08. The molecule has 0 spiro atoms. The summed E-state index contributed by atoms with van der Waals surface area (Å²) in [5.74, 6) is 1.49. The van der Waals surface area contributed by atoms with Crippen LogP contribution in [0.3, 0.4) is 0 Å². The van der Waals surface area contributed by atoms with Crippen LogP contribution in [0.15, 0.2) is 45.6 Å². The Kier molecular flexibility index (Phi) is 5.57. The highest BCUT2D eigenvalue weighted by Gasteiger charge is 2.05. The lowest BCUT2D eigenvalue weighted by Crippen LogP contribution is -2.21. The predicted molar refractivity (Wildman–Crippen MR) is 88.1 cm³/mol. The van der Waals surface area contributed by atoms with E-state index in [2.05, 4.69) is 62.1 Å². The van der Waals surface area contributed by atoms with Crippen LogP contribution in [0.2, 0.25) is 0 Å². The van der Waals surface area contributed by atoms with Crippen molar-refractivity contribution < 1.29 is 4.74 Å². The monoisotopic (exact) mass is 398 g/mol. The third-order valence-electron chi connectivity index (χ3n) is 2.64. The van der Waals surface area contributed by atoms with E-state index in [1.807, 2.05) is 18.2 Å². The summed E-state index contributed by atoms with van der Waals surface area (Å²) in [6, 6.07) is 8.34. The molecule has 2 rings (SSSR count). The van der Waals surface area contributed by atoms with E-state index in [0.29, 0.717) is 11.8 Å². The number of benzene rings is 1. The second-order valence-corrected chi connectivity index (χ2v) is 6.50. The molecule has 0 aliphatic heterocycles. The van der Waals surface area contributed by atoms with Gasteiger partial charge in [-0.25, -0.2) is 0 Å². The summed E-state index contributed by atoms with van der Waals surface area (Å²) >= 11 is 6.96. The molecule has 0 saturated heterocycles. The van der Waals surface area contributed by atoms with Crippen LogP contribution in [-0.2, 0) is 6.54 Å². The van der Waals surface area contributed by atoms with Crippen molar-refractivity contribution in [3.63, 3.8) is 0 Å². The second kappa shape index (κ2) is 7.20. The topological polar surface area (TPSA) is 34.1 Å². The standard InChI is InChI=1S/C15H16Br2N2O/c1-10(2)19-7-11-3-4-13(6-15(11)17)20-14-5-12(16)8-18-9-14/h3-6,8-10,19H,7H2,1-2H3. The van der Waals surface area contributed by atoms with Crippen LogP contribution in [0.5, 0.6) is 11.5 Å². The minimum absolute atomic E-state index is 0.463. The largest absolute Gasteiger partial charge is 0.456 e. The normalized spacial score (nSPS) is 10.8. The Morgan fingerprint density at radius 2 is 1.95 bits per heavy atom. The number of nitrogens with zero attached hydrogens (tertiary/aromatic N) is 1. The van der Waals surface area contributed by atoms with Gasteiger partial charge in [-0.15, -0.1) is 0 Å². The number of rotatable bonds is 5. The third-order valence-corrected chi connectivity index (χ3v) is 3.81. The van der Waals surface area contributed by atoms with Gasteiger partial charge < -0.3 is 10.1 Å². The molecule has 0 amide bonds. The Morgan fingerprint density at radius 1 is 1.15 bits per heavy atom. The van der Waals surface area contributed by atoms with Gasteiger partial charge in [0.25, 0.3) is 0 Å². The Hall–Kier alpha value is -0.910. The maximum atomic E-state index is 5.78. The van der Waals surface area contributed by atoms with E-state index in [1.165, 1.54) is 5.56 Å². The Bertz CT molecular complexity index is 588. The summed E-state index contributed by atoms with van der Waals surface area (Å²) in [6.45, 7) is 5.09. The highest BCUT2D eigenvalue weighted by molar-refractivity contribution is 9.10. The van der Waals surface area contributed by atoms with Gasteiger partial charge >= 0.3 is 0 Å². The highest BCUT2D eigenvalue weighted by Crippen LogP contribution is 2.28. The molecule has 0 fully saturated rings. The lowest BCUT2D eigenvalue weighted by Gasteiger charge is -2.11. The SMILES string of the molecule is CC(C)NCc1ccc(Oc2cncc(Br)c2)cc1Br. The van der Waals surface area contributed by atoms with Gasteiger partial charge in [0.2, 0.25) is 0 Å². The molecule has 0 bridgehead atoms. The van der Waals surface area contributed by atoms with Gasteiger partial charge in [-0.1, -0.05) is 35.8 Å². The molecular weight excluding hydrogens is 384 g/mol. The lowest BCUT2D eigenvalue weighted by atomic mass is 10.2. The molecule has 1 N–H and O–H groups in total. The second-order valence-electron chi connectivity index (χ2n) is 4.73. The minimum atomic E-state index is 0.463. The Balaban J connectivity index is 2.09. The fraction of sp³-hybridized carbons (Fsp3) is 0.267. The molecule has 0 radical (unpaired) electrons. The molecule has 20 heavy (non-hydrogen) atoms. The van der Waals surface area contributed by atoms with Crippen LogP contribution >= 0.6 is 31.9 Å². The molecule has 106 valence electrons. The first-order chi connectivity index (χ1) is 9.54. The quantitative estimate of drug-likeness (QED) is 0.776. The summed E-state index contributed by atoms with van der Waals surface area (Å²) in [5, 5.41) is 3.39. The summed E-state index contributed by atoms with van der Waals surface area (Å²) < 4.78 is 7.71. The van der Waals surface area contributed by atoms with E-state index in [1.54, 1.807) is 12.4 Å². The molecular formula is C15H16Br2N2O. The summed E-state index contributed by atoms with van der Waals surface area (Å²) in [7, 11) is 0. The molecule has 1 aromatic heterocycles. The average molecular weight is 400 g/mol. The van der Waals surface area contributed by atoms with Gasteiger partial charge in [0.1, 0.15) is 11.5 Å². The number of aromatic nitrogens is 1. The van der Waals surface area contributed by atoms with Gasteiger partial charge in [-0.3, -0.25) is 4.98 Å². The first kappa shape index (κ1) is 15.5. The number of nitrogens with one attached hydrogen (secondary N) is 1. The molecule has 0 aliphatic rings. The van der Waals surface area contributed by atoms with Gasteiger partial charge in [0, 0.05) is 27.7 Å². The van der Waals surface area contributed by atoms with Crippen molar-refractivity contribution in [2.24, 2.45) is 0 Å². The van der Waals surface area contributed by atoms with E-state index in [4.69, 9.17) is 4.74 Å². The highest BCUT2D eigenvalue weighted by atomic mass is 79.9. The van der Waals surface area contributed by atoms with Gasteiger partial charge in [0.05, 0.1) is 6.20 Å². The molecule has 1 aromatic carbocycles. The van der Waals surface area contributed by atoms with Gasteiger partial charge in [-0.05, 0) is 39.7 Å². The van der Waals surface area contributed by atoms with E-state index in [9.17, 15) is 0 Å². The van der Waals surface area contributed by atoms with Crippen LogP contribution < -0.4 is 10.1 Å². The first-order valence-electron chi connectivity index (χ1n) is 6.35. The minimum Gasteiger partial charge on any atom is -0.456 e. The zero-order valence-corrected chi connectivity index (χ0v) is 14.5. The molecule has 0 aliphatic carbocycles. The average Bonchev–Trinajstić information content (AvgIpc) is 2.37. The van der Waals surface area contributed by atoms with Crippen molar-refractivity contribution in [3.8, 4) is 11.5 Å². The van der Waals surface area contributed by atoms with Gasteiger partial charge in [-0.2, -0.15) is 0 Å². The maximum absolute atomic E-state index is 5.78. The fourth-order valence-electron chi connectivity index (χ4n) is 1.63. The van der Waals surface area contributed by atoms with E-state index in [-0.39, 0.29) is 0 Å². The predicted octanol–water partition coefficient (Wildman–Crippen LogP) is 4.90. The van der Waals surface area contributed by atoms with Crippen molar-refractivity contribution in [2.45, 2.75) is 26.4 Å². The number of pyridine rings is 1. The number of hydrogen-bond donors (Lipinski definition) is 1. The van der Waals surface area contributed by atoms with Crippen LogP contribution in [0, 0.1) is 0 Å².